The monoisotopic (exact) mass is 264 g/mol. The molecule has 2 nitrogen and oxygen atoms in total. The van der Waals surface area contributed by atoms with Crippen LogP contribution in [0.4, 0.5) is 0 Å². The Morgan fingerprint density at radius 3 is 2.93 bits per heavy atom. The molecule has 1 aliphatic heterocycles. The molecule has 0 amide bonds. The molecule has 0 aromatic carbocycles. The summed E-state index contributed by atoms with van der Waals surface area (Å²) >= 11 is 13.6. The van der Waals surface area contributed by atoms with Gasteiger partial charge in [0.05, 0.1) is 5.02 Å². The standard InChI is InChI=1S/C10H14Cl2N2S/c11-9-8(7-15-10(9)12)6-14-4-1-2-13-3-5-14/h7,13H,1-6H2. The molecule has 2 heterocycles. The van der Waals surface area contributed by atoms with Gasteiger partial charge in [-0.3, -0.25) is 4.90 Å². The van der Waals surface area contributed by atoms with Crippen LogP contribution in [0.15, 0.2) is 5.38 Å². The molecule has 0 unspecified atom stereocenters. The molecule has 1 aliphatic rings. The first-order valence-electron chi connectivity index (χ1n) is 5.12. The average molecular weight is 265 g/mol. The van der Waals surface area contributed by atoms with Gasteiger partial charge in [0.1, 0.15) is 4.34 Å². The number of hydrogen-bond donors (Lipinski definition) is 1. The molecule has 1 N–H and O–H groups in total. The summed E-state index contributed by atoms with van der Waals surface area (Å²) in [6.07, 6.45) is 1.20. The Morgan fingerprint density at radius 2 is 2.20 bits per heavy atom. The number of thiophene rings is 1. The molecule has 1 aromatic heterocycles. The minimum absolute atomic E-state index is 0.708. The molecule has 0 aliphatic carbocycles. The highest BCUT2D eigenvalue weighted by Gasteiger charge is 2.13. The van der Waals surface area contributed by atoms with Gasteiger partial charge in [-0.25, -0.2) is 0 Å². The third-order valence-corrected chi connectivity index (χ3v) is 4.50. The summed E-state index contributed by atoms with van der Waals surface area (Å²) < 4.78 is 0.708. The van der Waals surface area contributed by atoms with Crippen molar-refractivity contribution in [2.75, 3.05) is 26.2 Å². The quantitative estimate of drug-likeness (QED) is 0.884. The topological polar surface area (TPSA) is 15.3 Å². The van der Waals surface area contributed by atoms with E-state index in [1.807, 2.05) is 0 Å². The number of nitrogens with one attached hydrogen (secondary N) is 1. The van der Waals surface area contributed by atoms with Crippen LogP contribution in [0.3, 0.4) is 0 Å². The highest BCUT2D eigenvalue weighted by molar-refractivity contribution is 7.15. The highest BCUT2D eigenvalue weighted by atomic mass is 35.5. The third kappa shape index (κ3) is 3.08. The zero-order valence-corrected chi connectivity index (χ0v) is 10.8. The lowest BCUT2D eigenvalue weighted by Crippen LogP contribution is -2.27. The second kappa shape index (κ2) is 5.51. The minimum atomic E-state index is 0.708. The predicted octanol–water partition coefficient (Wildman–Crippen LogP) is 2.85. The van der Waals surface area contributed by atoms with E-state index in [0.29, 0.717) is 4.34 Å². The van der Waals surface area contributed by atoms with Crippen molar-refractivity contribution in [3.05, 3.63) is 20.3 Å². The van der Waals surface area contributed by atoms with Crippen LogP contribution in [0.25, 0.3) is 0 Å². The molecule has 84 valence electrons. The van der Waals surface area contributed by atoms with E-state index in [0.717, 1.165) is 43.3 Å². The molecule has 0 spiro atoms. The van der Waals surface area contributed by atoms with E-state index in [1.54, 1.807) is 0 Å². The average Bonchev–Trinajstić information content (AvgIpc) is 2.50. The Kier molecular flexibility index (Phi) is 4.29. The number of halogens is 2. The normalized spacial score (nSPS) is 19.1. The van der Waals surface area contributed by atoms with E-state index in [-0.39, 0.29) is 0 Å². The Hall–Kier alpha value is 0.200. The van der Waals surface area contributed by atoms with Gasteiger partial charge in [-0.2, -0.15) is 0 Å². The smallest absolute Gasteiger partial charge is 0.112 e. The molecule has 1 saturated heterocycles. The predicted molar refractivity (Wildman–Crippen MR) is 67.1 cm³/mol. The van der Waals surface area contributed by atoms with Crippen molar-refractivity contribution in [2.24, 2.45) is 0 Å². The van der Waals surface area contributed by atoms with Crippen LogP contribution in [-0.4, -0.2) is 31.1 Å². The Morgan fingerprint density at radius 1 is 1.33 bits per heavy atom. The highest BCUT2D eigenvalue weighted by Crippen LogP contribution is 2.33. The summed E-state index contributed by atoms with van der Waals surface area (Å²) in [4.78, 5) is 2.42. The van der Waals surface area contributed by atoms with Crippen LogP contribution < -0.4 is 5.32 Å². The summed E-state index contributed by atoms with van der Waals surface area (Å²) in [6, 6.07) is 0. The zero-order chi connectivity index (χ0) is 10.7. The second-order valence-electron chi connectivity index (χ2n) is 3.73. The Bertz CT molecular complexity index is 319. The maximum absolute atomic E-state index is 6.10. The minimum Gasteiger partial charge on any atom is -0.315 e. The summed E-state index contributed by atoms with van der Waals surface area (Å²) in [5.41, 5.74) is 1.16. The van der Waals surface area contributed by atoms with Gasteiger partial charge in [-0.15, -0.1) is 11.3 Å². The van der Waals surface area contributed by atoms with Crippen molar-refractivity contribution in [1.82, 2.24) is 10.2 Å². The van der Waals surface area contributed by atoms with Crippen molar-refractivity contribution in [1.29, 1.82) is 0 Å². The lowest BCUT2D eigenvalue weighted by atomic mass is 10.3. The van der Waals surface area contributed by atoms with E-state index >= 15 is 0 Å². The zero-order valence-electron chi connectivity index (χ0n) is 8.43. The van der Waals surface area contributed by atoms with Gasteiger partial charge < -0.3 is 5.32 Å². The van der Waals surface area contributed by atoms with E-state index in [2.05, 4.69) is 15.6 Å². The first-order chi connectivity index (χ1) is 7.27. The van der Waals surface area contributed by atoms with Crippen molar-refractivity contribution in [3.8, 4) is 0 Å². The van der Waals surface area contributed by atoms with E-state index < -0.39 is 0 Å². The largest absolute Gasteiger partial charge is 0.315 e. The van der Waals surface area contributed by atoms with Crippen LogP contribution >= 0.6 is 34.5 Å². The maximum Gasteiger partial charge on any atom is 0.112 e. The number of rotatable bonds is 2. The van der Waals surface area contributed by atoms with Crippen molar-refractivity contribution < 1.29 is 0 Å². The molecular weight excluding hydrogens is 251 g/mol. The Balaban J connectivity index is 1.98. The van der Waals surface area contributed by atoms with E-state index in [4.69, 9.17) is 23.2 Å². The van der Waals surface area contributed by atoms with E-state index in [9.17, 15) is 0 Å². The lowest BCUT2D eigenvalue weighted by Gasteiger charge is -2.18. The molecule has 0 atom stereocenters. The van der Waals surface area contributed by atoms with Gasteiger partial charge in [-0.1, -0.05) is 23.2 Å². The molecule has 0 radical (unpaired) electrons. The van der Waals surface area contributed by atoms with Gasteiger partial charge in [0.15, 0.2) is 0 Å². The van der Waals surface area contributed by atoms with Gasteiger partial charge in [-0.05, 0) is 30.5 Å². The third-order valence-electron chi connectivity index (χ3n) is 2.59. The molecule has 0 bridgehead atoms. The van der Waals surface area contributed by atoms with Gasteiger partial charge in [0, 0.05) is 19.6 Å². The van der Waals surface area contributed by atoms with Crippen LogP contribution in [0.5, 0.6) is 0 Å². The van der Waals surface area contributed by atoms with Crippen molar-refractivity contribution in [2.45, 2.75) is 13.0 Å². The molecule has 15 heavy (non-hydrogen) atoms. The molecule has 2 rings (SSSR count). The van der Waals surface area contributed by atoms with Crippen molar-refractivity contribution >= 4 is 34.5 Å². The summed E-state index contributed by atoms with van der Waals surface area (Å²) in [6.45, 7) is 5.33. The fourth-order valence-electron chi connectivity index (χ4n) is 1.76. The van der Waals surface area contributed by atoms with Crippen LogP contribution in [-0.2, 0) is 6.54 Å². The summed E-state index contributed by atoms with van der Waals surface area (Å²) in [7, 11) is 0. The molecule has 5 heteroatoms. The first-order valence-corrected chi connectivity index (χ1v) is 6.75. The number of nitrogens with zero attached hydrogens (tertiary/aromatic N) is 1. The number of hydrogen-bond acceptors (Lipinski definition) is 3. The van der Waals surface area contributed by atoms with Crippen LogP contribution in [0.1, 0.15) is 12.0 Å². The molecule has 0 saturated carbocycles. The summed E-state index contributed by atoms with van der Waals surface area (Å²) in [5, 5.41) is 6.18. The fraction of sp³-hybridized carbons (Fsp3) is 0.600. The van der Waals surface area contributed by atoms with Gasteiger partial charge >= 0.3 is 0 Å². The lowest BCUT2D eigenvalue weighted by molar-refractivity contribution is 0.285. The molecule has 1 aromatic rings. The van der Waals surface area contributed by atoms with Crippen LogP contribution in [0.2, 0.25) is 9.36 Å². The fourth-order valence-corrected chi connectivity index (χ4v) is 3.00. The molecule has 1 fully saturated rings. The SMILES string of the molecule is Clc1scc(CN2CCCNCC2)c1Cl. The van der Waals surface area contributed by atoms with Gasteiger partial charge in [0.25, 0.3) is 0 Å². The molecular formula is C10H14Cl2N2S. The van der Waals surface area contributed by atoms with E-state index in [1.165, 1.54) is 17.8 Å². The maximum atomic E-state index is 6.10. The second-order valence-corrected chi connectivity index (χ2v) is 5.59. The Labute approximate surface area is 104 Å². The van der Waals surface area contributed by atoms with Crippen molar-refractivity contribution in [3.63, 3.8) is 0 Å². The van der Waals surface area contributed by atoms with Gasteiger partial charge in [0.2, 0.25) is 0 Å². The summed E-state index contributed by atoms with van der Waals surface area (Å²) in [5.74, 6) is 0. The first kappa shape index (κ1) is 11.7. The van der Waals surface area contributed by atoms with Crippen LogP contribution in [0, 0.1) is 0 Å².